The van der Waals surface area contributed by atoms with Crippen LogP contribution in [0.4, 0.5) is 10.6 Å². The molecule has 0 bridgehead atoms. The standard InChI is InChI=1S/C21H23Cl3N4O3/c1-12-11-27(8-9-28(12)20(30)31-21(2,3)4)15-10-25-17(19(24)26-15)18(29)13-6-5-7-14(22)16(13)23/h5-7,10,12H,8-9,11H2,1-4H3. The average molecular weight is 486 g/mol. The molecule has 1 aromatic heterocycles. The molecule has 166 valence electrons. The lowest BCUT2D eigenvalue weighted by atomic mass is 10.1. The smallest absolute Gasteiger partial charge is 0.410 e. The number of aromatic nitrogens is 2. The van der Waals surface area contributed by atoms with Gasteiger partial charge in [-0.15, -0.1) is 0 Å². The number of ether oxygens (including phenoxy) is 1. The molecule has 1 saturated heterocycles. The lowest BCUT2D eigenvalue weighted by molar-refractivity contribution is 0.0158. The van der Waals surface area contributed by atoms with Gasteiger partial charge in [-0.3, -0.25) is 4.79 Å². The Bertz CT molecular complexity index is 1010. The molecule has 1 amide bonds. The Kier molecular flexibility index (Phi) is 6.98. The summed E-state index contributed by atoms with van der Waals surface area (Å²) in [5.41, 5.74) is -0.353. The third-order valence-electron chi connectivity index (χ3n) is 4.71. The predicted octanol–water partition coefficient (Wildman–Crippen LogP) is 5.11. The highest BCUT2D eigenvalue weighted by molar-refractivity contribution is 6.44. The number of hydrogen-bond donors (Lipinski definition) is 0. The van der Waals surface area contributed by atoms with Gasteiger partial charge in [-0.2, -0.15) is 0 Å². The van der Waals surface area contributed by atoms with Crippen molar-refractivity contribution in [3.63, 3.8) is 0 Å². The molecule has 0 N–H and O–H groups in total. The van der Waals surface area contributed by atoms with E-state index in [1.807, 2.05) is 32.6 Å². The van der Waals surface area contributed by atoms with E-state index in [1.54, 1.807) is 23.1 Å². The van der Waals surface area contributed by atoms with Crippen LogP contribution < -0.4 is 4.90 Å². The Morgan fingerprint density at radius 1 is 1.16 bits per heavy atom. The molecule has 1 fully saturated rings. The largest absolute Gasteiger partial charge is 0.444 e. The van der Waals surface area contributed by atoms with Gasteiger partial charge < -0.3 is 14.5 Å². The van der Waals surface area contributed by atoms with Crippen LogP contribution in [0, 0.1) is 0 Å². The minimum atomic E-state index is -0.554. The number of nitrogens with zero attached hydrogens (tertiary/aromatic N) is 4. The number of benzene rings is 1. The second kappa shape index (κ2) is 9.18. The molecule has 31 heavy (non-hydrogen) atoms. The molecule has 0 spiro atoms. The van der Waals surface area contributed by atoms with E-state index in [4.69, 9.17) is 39.5 Å². The fraction of sp³-hybridized carbons (Fsp3) is 0.429. The number of halogens is 3. The lowest BCUT2D eigenvalue weighted by Crippen LogP contribution is -2.55. The SMILES string of the molecule is CC1CN(c2cnc(C(=O)c3cccc(Cl)c3Cl)c(Cl)n2)CCN1C(=O)OC(C)(C)C. The number of ketones is 1. The molecule has 1 atom stereocenters. The molecule has 7 nitrogen and oxygen atoms in total. The summed E-state index contributed by atoms with van der Waals surface area (Å²) >= 11 is 18.4. The van der Waals surface area contributed by atoms with Crippen LogP contribution in [0.25, 0.3) is 0 Å². The van der Waals surface area contributed by atoms with Crippen molar-refractivity contribution in [2.75, 3.05) is 24.5 Å². The van der Waals surface area contributed by atoms with Crippen LogP contribution in [-0.2, 0) is 4.74 Å². The van der Waals surface area contributed by atoms with Gasteiger partial charge in [0.05, 0.1) is 16.2 Å². The molecular weight excluding hydrogens is 463 g/mol. The van der Waals surface area contributed by atoms with Gasteiger partial charge in [0.1, 0.15) is 17.1 Å². The van der Waals surface area contributed by atoms with Crippen LogP contribution in [-0.4, -0.2) is 58.0 Å². The minimum absolute atomic E-state index is 0.00461. The number of piperazine rings is 1. The van der Waals surface area contributed by atoms with Crippen molar-refractivity contribution in [2.24, 2.45) is 0 Å². The van der Waals surface area contributed by atoms with Crippen molar-refractivity contribution in [3.8, 4) is 0 Å². The van der Waals surface area contributed by atoms with E-state index < -0.39 is 11.4 Å². The Morgan fingerprint density at radius 2 is 1.87 bits per heavy atom. The van der Waals surface area contributed by atoms with E-state index in [-0.39, 0.29) is 38.6 Å². The fourth-order valence-corrected chi connectivity index (χ4v) is 3.83. The summed E-state index contributed by atoms with van der Waals surface area (Å²) in [6.45, 7) is 8.96. The number of carbonyl (C=O) groups is 2. The molecule has 2 aromatic rings. The maximum absolute atomic E-state index is 12.8. The van der Waals surface area contributed by atoms with Gasteiger partial charge in [0.15, 0.2) is 5.15 Å². The molecule has 2 heterocycles. The third kappa shape index (κ3) is 5.40. The zero-order valence-corrected chi connectivity index (χ0v) is 19.9. The minimum Gasteiger partial charge on any atom is -0.444 e. The molecule has 1 aliphatic heterocycles. The third-order valence-corrected chi connectivity index (χ3v) is 5.79. The van der Waals surface area contributed by atoms with Crippen LogP contribution in [0.3, 0.4) is 0 Å². The molecule has 1 aromatic carbocycles. The summed E-state index contributed by atoms with van der Waals surface area (Å²) in [6.07, 6.45) is 1.15. The number of hydrogen-bond acceptors (Lipinski definition) is 6. The number of amides is 1. The highest BCUT2D eigenvalue weighted by atomic mass is 35.5. The van der Waals surface area contributed by atoms with E-state index in [9.17, 15) is 9.59 Å². The first-order valence-corrected chi connectivity index (χ1v) is 10.9. The zero-order valence-electron chi connectivity index (χ0n) is 17.7. The summed E-state index contributed by atoms with van der Waals surface area (Å²) in [6, 6.07) is 4.67. The first kappa shape index (κ1) is 23.6. The quantitative estimate of drug-likeness (QED) is 0.562. The molecule has 3 rings (SSSR count). The van der Waals surface area contributed by atoms with Gasteiger partial charge in [0.2, 0.25) is 5.78 Å². The molecule has 0 radical (unpaired) electrons. The van der Waals surface area contributed by atoms with E-state index in [1.165, 1.54) is 6.20 Å². The van der Waals surface area contributed by atoms with Gasteiger partial charge >= 0.3 is 6.09 Å². The normalized spacial score (nSPS) is 16.9. The first-order chi connectivity index (χ1) is 14.5. The average Bonchev–Trinajstić information content (AvgIpc) is 2.68. The molecule has 0 aliphatic carbocycles. The van der Waals surface area contributed by atoms with Gasteiger partial charge in [-0.1, -0.05) is 40.9 Å². The van der Waals surface area contributed by atoms with E-state index in [0.717, 1.165) is 0 Å². The van der Waals surface area contributed by atoms with Crippen molar-refractivity contribution in [3.05, 3.63) is 50.9 Å². The molecule has 0 saturated carbocycles. The van der Waals surface area contributed by atoms with Crippen LogP contribution in [0.2, 0.25) is 15.2 Å². The predicted molar refractivity (Wildman–Crippen MR) is 122 cm³/mol. The van der Waals surface area contributed by atoms with Gasteiger partial charge in [-0.25, -0.2) is 14.8 Å². The van der Waals surface area contributed by atoms with Crippen LogP contribution in [0.1, 0.15) is 43.7 Å². The highest BCUT2D eigenvalue weighted by Crippen LogP contribution is 2.29. The van der Waals surface area contributed by atoms with Gasteiger partial charge in [0, 0.05) is 31.2 Å². The van der Waals surface area contributed by atoms with Crippen molar-refractivity contribution in [1.29, 1.82) is 0 Å². The molecular formula is C21H23Cl3N4O3. The second-order valence-electron chi connectivity index (χ2n) is 8.27. The first-order valence-electron chi connectivity index (χ1n) is 9.73. The Balaban J connectivity index is 1.74. The second-order valence-corrected chi connectivity index (χ2v) is 9.41. The van der Waals surface area contributed by atoms with Crippen LogP contribution in [0.5, 0.6) is 0 Å². The zero-order chi connectivity index (χ0) is 22.9. The van der Waals surface area contributed by atoms with Crippen LogP contribution in [0.15, 0.2) is 24.4 Å². The number of rotatable bonds is 3. The maximum Gasteiger partial charge on any atom is 0.410 e. The van der Waals surface area contributed by atoms with Crippen molar-refractivity contribution < 1.29 is 14.3 Å². The fourth-order valence-electron chi connectivity index (χ4n) is 3.23. The summed E-state index contributed by atoms with van der Waals surface area (Å²) in [5.74, 6) is 0.0640. The summed E-state index contributed by atoms with van der Waals surface area (Å²) in [5, 5.41) is 0.383. The monoisotopic (exact) mass is 484 g/mol. The lowest BCUT2D eigenvalue weighted by Gasteiger charge is -2.40. The van der Waals surface area contributed by atoms with Crippen LogP contribution >= 0.6 is 34.8 Å². The van der Waals surface area contributed by atoms with Gasteiger partial charge in [-0.05, 0) is 39.8 Å². The molecule has 10 heteroatoms. The Labute approximate surface area is 196 Å². The number of carbonyl (C=O) groups excluding carboxylic acids is 2. The van der Waals surface area contributed by atoms with E-state index in [2.05, 4.69) is 9.97 Å². The van der Waals surface area contributed by atoms with Crippen molar-refractivity contribution >= 4 is 52.5 Å². The Hall–Kier alpha value is -2.09. The van der Waals surface area contributed by atoms with E-state index >= 15 is 0 Å². The van der Waals surface area contributed by atoms with Crippen molar-refractivity contribution in [1.82, 2.24) is 14.9 Å². The topological polar surface area (TPSA) is 75.6 Å². The summed E-state index contributed by atoms with van der Waals surface area (Å²) in [4.78, 5) is 37.5. The molecule has 1 unspecified atom stereocenters. The highest BCUT2D eigenvalue weighted by Gasteiger charge is 2.32. The molecule has 1 aliphatic rings. The van der Waals surface area contributed by atoms with Gasteiger partial charge in [0.25, 0.3) is 0 Å². The summed E-state index contributed by atoms with van der Waals surface area (Å²) in [7, 11) is 0. The Morgan fingerprint density at radius 3 is 2.48 bits per heavy atom. The maximum atomic E-state index is 12.8. The summed E-state index contributed by atoms with van der Waals surface area (Å²) < 4.78 is 5.47. The van der Waals surface area contributed by atoms with Crippen molar-refractivity contribution in [2.45, 2.75) is 39.3 Å². The number of anilines is 1. The van der Waals surface area contributed by atoms with E-state index in [0.29, 0.717) is 25.5 Å².